The number of rotatable bonds is 1. The fourth-order valence-electron chi connectivity index (χ4n) is 3.76. The van der Waals surface area contributed by atoms with Gasteiger partial charge in [0.05, 0.1) is 5.54 Å². The van der Waals surface area contributed by atoms with E-state index in [4.69, 9.17) is 4.99 Å². The highest BCUT2D eigenvalue weighted by molar-refractivity contribution is 5.70. The quantitative estimate of drug-likeness (QED) is 0.719. The molecule has 2 aromatic carbocycles. The van der Waals surface area contributed by atoms with E-state index in [0.29, 0.717) is 0 Å². The summed E-state index contributed by atoms with van der Waals surface area (Å²) in [5.74, 6) is 0. The molecule has 0 saturated carbocycles. The van der Waals surface area contributed by atoms with Gasteiger partial charge in [-0.3, -0.25) is 4.99 Å². The lowest BCUT2D eigenvalue weighted by molar-refractivity contribution is 0.375. The predicted octanol–water partition coefficient (Wildman–Crippen LogP) is 4.45. The Hall–Kier alpha value is -1.89. The van der Waals surface area contributed by atoms with E-state index in [9.17, 15) is 0 Å². The lowest BCUT2D eigenvalue weighted by Crippen LogP contribution is -2.31. The van der Waals surface area contributed by atoms with Gasteiger partial charge in [0.2, 0.25) is 0 Å². The molecule has 1 spiro atoms. The minimum absolute atomic E-state index is 0.225. The van der Waals surface area contributed by atoms with Crippen LogP contribution in [0.1, 0.15) is 30.4 Å². The Balaban J connectivity index is 1.77. The third-order valence-electron chi connectivity index (χ3n) is 4.82. The van der Waals surface area contributed by atoms with Crippen LogP contribution in [-0.4, -0.2) is 11.8 Å². The summed E-state index contributed by atoms with van der Waals surface area (Å²) in [6, 6.07) is 17.5. The van der Waals surface area contributed by atoms with Gasteiger partial charge in [-0.05, 0) is 60.6 Å². The number of hydrogen-bond acceptors (Lipinski definition) is 1. The van der Waals surface area contributed by atoms with Crippen LogP contribution in [0.4, 0.5) is 0 Å². The maximum atomic E-state index is 4.80. The van der Waals surface area contributed by atoms with Gasteiger partial charge in [0.1, 0.15) is 0 Å². The molecule has 0 aromatic heterocycles. The third-order valence-corrected chi connectivity index (χ3v) is 4.82. The van der Waals surface area contributed by atoms with Crippen LogP contribution in [0, 0.1) is 0 Å². The lowest BCUT2D eigenvalue weighted by Gasteiger charge is -2.33. The zero-order valence-corrected chi connectivity index (χ0v) is 11.7. The molecular weight excluding hydrogens is 242 g/mol. The molecule has 1 heteroatoms. The van der Waals surface area contributed by atoms with Crippen LogP contribution in [0.25, 0.3) is 11.1 Å². The van der Waals surface area contributed by atoms with E-state index in [-0.39, 0.29) is 5.54 Å². The molecular formula is C19H19N. The average molecular weight is 261 g/mol. The highest BCUT2D eigenvalue weighted by Crippen LogP contribution is 2.40. The molecule has 0 amide bonds. The van der Waals surface area contributed by atoms with Gasteiger partial charge in [-0.25, -0.2) is 0 Å². The van der Waals surface area contributed by atoms with Crippen molar-refractivity contribution >= 4 is 6.21 Å². The fourth-order valence-corrected chi connectivity index (χ4v) is 3.76. The second kappa shape index (κ2) is 4.59. The Labute approximate surface area is 120 Å². The first-order valence-electron chi connectivity index (χ1n) is 7.56. The number of benzene rings is 2. The minimum Gasteiger partial charge on any atom is -0.291 e. The van der Waals surface area contributed by atoms with Gasteiger partial charge in [-0.2, -0.15) is 0 Å². The average Bonchev–Trinajstić information content (AvgIpc) is 2.95. The van der Waals surface area contributed by atoms with Crippen molar-refractivity contribution in [1.82, 2.24) is 0 Å². The molecule has 1 atom stereocenters. The highest BCUT2D eigenvalue weighted by Gasteiger charge is 2.35. The van der Waals surface area contributed by atoms with Gasteiger partial charge >= 0.3 is 0 Å². The Morgan fingerprint density at radius 2 is 1.80 bits per heavy atom. The first kappa shape index (κ1) is 11.9. The van der Waals surface area contributed by atoms with Crippen LogP contribution >= 0.6 is 0 Å². The SMILES string of the molecule is C1=NC2(CC1)CCc1c(cccc1-c1ccccc1)C2. The zero-order valence-electron chi connectivity index (χ0n) is 11.7. The van der Waals surface area contributed by atoms with Crippen LogP contribution in [-0.2, 0) is 12.8 Å². The molecule has 100 valence electrons. The number of aliphatic imine (C=N–C) groups is 1. The molecule has 1 heterocycles. The maximum absolute atomic E-state index is 4.80. The van der Waals surface area contributed by atoms with Crippen molar-refractivity contribution in [2.24, 2.45) is 4.99 Å². The normalized spacial score (nSPS) is 24.0. The molecule has 0 saturated heterocycles. The molecule has 0 fully saturated rings. The smallest absolute Gasteiger partial charge is 0.0651 e. The van der Waals surface area contributed by atoms with Gasteiger partial charge in [0.15, 0.2) is 0 Å². The van der Waals surface area contributed by atoms with Gasteiger partial charge in [-0.1, -0.05) is 48.5 Å². The summed E-state index contributed by atoms with van der Waals surface area (Å²) in [5, 5.41) is 0. The predicted molar refractivity (Wildman–Crippen MR) is 84.4 cm³/mol. The van der Waals surface area contributed by atoms with Gasteiger partial charge in [0.25, 0.3) is 0 Å². The van der Waals surface area contributed by atoms with Crippen molar-refractivity contribution in [1.29, 1.82) is 0 Å². The van der Waals surface area contributed by atoms with Gasteiger partial charge in [0, 0.05) is 0 Å². The van der Waals surface area contributed by atoms with E-state index in [1.165, 1.54) is 29.5 Å². The van der Waals surface area contributed by atoms with Gasteiger partial charge < -0.3 is 0 Å². The molecule has 0 bridgehead atoms. The van der Waals surface area contributed by atoms with Crippen molar-refractivity contribution in [3.63, 3.8) is 0 Å². The first-order chi connectivity index (χ1) is 9.86. The minimum atomic E-state index is 0.225. The molecule has 20 heavy (non-hydrogen) atoms. The molecule has 1 aliphatic carbocycles. The second-order valence-electron chi connectivity index (χ2n) is 6.06. The molecule has 4 rings (SSSR count). The van der Waals surface area contributed by atoms with Crippen molar-refractivity contribution in [2.75, 3.05) is 0 Å². The summed E-state index contributed by atoms with van der Waals surface area (Å²) in [4.78, 5) is 4.80. The second-order valence-corrected chi connectivity index (χ2v) is 6.06. The van der Waals surface area contributed by atoms with Crippen LogP contribution in [0.2, 0.25) is 0 Å². The molecule has 1 nitrogen and oxygen atoms in total. The van der Waals surface area contributed by atoms with Crippen LogP contribution in [0.5, 0.6) is 0 Å². The lowest BCUT2D eigenvalue weighted by atomic mass is 9.75. The molecule has 2 aromatic rings. The monoisotopic (exact) mass is 261 g/mol. The molecule has 0 N–H and O–H groups in total. The Morgan fingerprint density at radius 3 is 2.60 bits per heavy atom. The summed E-state index contributed by atoms with van der Waals surface area (Å²) >= 11 is 0. The largest absolute Gasteiger partial charge is 0.291 e. The molecule has 0 radical (unpaired) electrons. The van der Waals surface area contributed by atoms with E-state index < -0.39 is 0 Å². The summed E-state index contributed by atoms with van der Waals surface area (Å²) in [5.41, 5.74) is 6.04. The molecule has 1 unspecified atom stereocenters. The summed E-state index contributed by atoms with van der Waals surface area (Å²) in [6.07, 6.45) is 8.03. The maximum Gasteiger partial charge on any atom is 0.0651 e. The van der Waals surface area contributed by atoms with Gasteiger partial charge in [-0.15, -0.1) is 0 Å². The van der Waals surface area contributed by atoms with Crippen molar-refractivity contribution in [3.8, 4) is 11.1 Å². The van der Waals surface area contributed by atoms with E-state index in [2.05, 4.69) is 54.7 Å². The fraction of sp³-hybridized carbons (Fsp3) is 0.316. The topological polar surface area (TPSA) is 12.4 Å². The van der Waals surface area contributed by atoms with Crippen LogP contribution in [0.3, 0.4) is 0 Å². The number of hydrogen-bond donors (Lipinski definition) is 0. The molecule has 1 aliphatic heterocycles. The zero-order chi connectivity index (χ0) is 13.4. The number of fused-ring (bicyclic) bond motifs is 1. The van der Waals surface area contributed by atoms with Crippen molar-refractivity contribution < 1.29 is 0 Å². The first-order valence-corrected chi connectivity index (χ1v) is 7.56. The Kier molecular flexibility index (Phi) is 2.73. The Morgan fingerprint density at radius 1 is 0.900 bits per heavy atom. The van der Waals surface area contributed by atoms with Crippen LogP contribution < -0.4 is 0 Å². The van der Waals surface area contributed by atoms with Crippen molar-refractivity contribution in [3.05, 3.63) is 59.7 Å². The van der Waals surface area contributed by atoms with E-state index in [1.807, 2.05) is 0 Å². The summed E-state index contributed by atoms with van der Waals surface area (Å²) in [6.45, 7) is 0. The van der Waals surface area contributed by atoms with E-state index in [0.717, 1.165) is 19.3 Å². The third kappa shape index (κ3) is 1.89. The van der Waals surface area contributed by atoms with E-state index in [1.54, 1.807) is 5.56 Å². The summed E-state index contributed by atoms with van der Waals surface area (Å²) in [7, 11) is 0. The highest BCUT2D eigenvalue weighted by atomic mass is 14.9. The molecule has 2 aliphatic rings. The van der Waals surface area contributed by atoms with Crippen molar-refractivity contribution in [2.45, 2.75) is 37.6 Å². The van der Waals surface area contributed by atoms with E-state index >= 15 is 0 Å². The Bertz CT molecular complexity index is 657. The van der Waals surface area contributed by atoms with Crippen LogP contribution in [0.15, 0.2) is 53.5 Å². The number of nitrogens with zero attached hydrogens (tertiary/aromatic N) is 1. The standard InChI is InChI=1S/C19H19N/c1-2-6-15(7-3-1)17-9-4-8-16-14-19(11-5-13-20-19)12-10-18(16)17/h1-4,6-9,13H,5,10-12,14H2. The summed E-state index contributed by atoms with van der Waals surface area (Å²) < 4.78 is 0.